The first-order valence-electron chi connectivity index (χ1n) is 11.7. The molecule has 0 spiro atoms. The van der Waals surface area contributed by atoms with Crippen LogP contribution in [0.3, 0.4) is 0 Å². The van der Waals surface area contributed by atoms with Gasteiger partial charge in [-0.1, -0.05) is 65.0 Å². The number of hydrogen-bond acceptors (Lipinski definition) is 3. The second-order valence-corrected chi connectivity index (χ2v) is 10.9. The number of nitrogens with zero attached hydrogens (tertiary/aromatic N) is 3. The lowest BCUT2D eigenvalue weighted by Crippen LogP contribution is -2.42. The Kier molecular flexibility index (Phi) is 8.38. The number of aryl methyl sites for hydroxylation is 1. The summed E-state index contributed by atoms with van der Waals surface area (Å²) in [4.78, 5) is 27.8. The predicted molar refractivity (Wildman–Crippen MR) is 145 cm³/mol. The molecular formula is C27H34BrN5O2. The minimum atomic E-state index is -0.330. The number of benzene rings is 2. The summed E-state index contributed by atoms with van der Waals surface area (Å²) in [6, 6.07) is 16.9. The van der Waals surface area contributed by atoms with Gasteiger partial charge in [-0.15, -0.1) is 0 Å². The fraction of sp³-hybridized carbons (Fsp3) is 0.370. The molecule has 0 aliphatic carbocycles. The first kappa shape index (κ1) is 26.5. The summed E-state index contributed by atoms with van der Waals surface area (Å²) >= 11 is 3.45. The summed E-state index contributed by atoms with van der Waals surface area (Å²) < 4.78 is 2.54. The summed E-state index contributed by atoms with van der Waals surface area (Å²) in [5, 5.41) is 10.7. The van der Waals surface area contributed by atoms with Gasteiger partial charge in [0.15, 0.2) is 0 Å². The summed E-state index contributed by atoms with van der Waals surface area (Å²) in [5.41, 5.74) is 3.26. The zero-order valence-electron chi connectivity index (χ0n) is 21.2. The number of carbonyl (C=O) groups is 2. The molecular weight excluding hydrogens is 506 g/mol. The van der Waals surface area contributed by atoms with E-state index in [-0.39, 0.29) is 29.8 Å². The summed E-state index contributed by atoms with van der Waals surface area (Å²) in [5.74, 6) is 0.478. The van der Waals surface area contributed by atoms with E-state index in [2.05, 4.69) is 47.3 Å². The molecule has 3 amide bonds. The molecule has 0 saturated carbocycles. The van der Waals surface area contributed by atoms with Crippen LogP contribution in [0, 0.1) is 12.8 Å². The number of para-hydroxylation sites is 2. The van der Waals surface area contributed by atoms with Gasteiger partial charge in [0.25, 0.3) is 0 Å². The van der Waals surface area contributed by atoms with Gasteiger partial charge in [0.05, 0.1) is 17.1 Å². The Morgan fingerprint density at radius 3 is 2.34 bits per heavy atom. The van der Waals surface area contributed by atoms with E-state index in [1.165, 1.54) is 4.90 Å². The lowest BCUT2D eigenvalue weighted by Gasteiger charge is -2.24. The van der Waals surface area contributed by atoms with Gasteiger partial charge in [0, 0.05) is 22.5 Å². The number of anilines is 2. The van der Waals surface area contributed by atoms with E-state index in [0.717, 1.165) is 21.4 Å². The van der Waals surface area contributed by atoms with E-state index in [1.54, 1.807) is 4.68 Å². The summed E-state index contributed by atoms with van der Waals surface area (Å²) in [7, 11) is 0. The van der Waals surface area contributed by atoms with E-state index >= 15 is 0 Å². The third kappa shape index (κ3) is 6.94. The summed E-state index contributed by atoms with van der Waals surface area (Å²) in [6.07, 6.45) is 0. The molecule has 186 valence electrons. The number of nitrogens with one attached hydrogen (secondary N) is 2. The third-order valence-corrected chi connectivity index (χ3v) is 6.10. The van der Waals surface area contributed by atoms with E-state index < -0.39 is 0 Å². The molecule has 7 nitrogen and oxygen atoms in total. The van der Waals surface area contributed by atoms with Gasteiger partial charge in [-0.05, 0) is 52.5 Å². The van der Waals surface area contributed by atoms with Crippen molar-refractivity contribution in [2.45, 2.75) is 47.0 Å². The normalized spacial score (nSPS) is 11.4. The Morgan fingerprint density at radius 2 is 1.71 bits per heavy atom. The Morgan fingerprint density at radius 1 is 1.06 bits per heavy atom. The van der Waals surface area contributed by atoms with Crippen molar-refractivity contribution < 1.29 is 9.59 Å². The molecule has 0 saturated heterocycles. The smallest absolute Gasteiger partial charge is 0.315 e. The van der Waals surface area contributed by atoms with Crippen molar-refractivity contribution in [3.63, 3.8) is 0 Å². The number of halogens is 1. The van der Waals surface area contributed by atoms with Crippen LogP contribution in [0.25, 0.3) is 5.69 Å². The van der Waals surface area contributed by atoms with Crippen molar-refractivity contribution >= 4 is 39.4 Å². The lowest BCUT2D eigenvalue weighted by atomic mass is 9.92. The van der Waals surface area contributed by atoms with Gasteiger partial charge < -0.3 is 15.5 Å². The highest BCUT2D eigenvalue weighted by Crippen LogP contribution is 2.27. The van der Waals surface area contributed by atoms with Gasteiger partial charge in [-0.25, -0.2) is 9.48 Å². The molecule has 2 N–H and O–H groups in total. The predicted octanol–water partition coefficient (Wildman–Crippen LogP) is 6.37. The Hall–Kier alpha value is -3.13. The Bertz CT molecular complexity index is 1200. The molecule has 0 fully saturated rings. The molecule has 1 aromatic heterocycles. The quantitative estimate of drug-likeness (QED) is 0.366. The fourth-order valence-corrected chi connectivity index (χ4v) is 3.98. The molecule has 8 heteroatoms. The highest BCUT2D eigenvalue weighted by molar-refractivity contribution is 9.10. The molecule has 0 unspecified atom stereocenters. The van der Waals surface area contributed by atoms with Crippen molar-refractivity contribution in [2.24, 2.45) is 5.92 Å². The number of urea groups is 1. The van der Waals surface area contributed by atoms with Crippen molar-refractivity contribution in [2.75, 3.05) is 23.7 Å². The summed E-state index contributed by atoms with van der Waals surface area (Å²) in [6.45, 7) is 12.6. The van der Waals surface area contributed by atoms with Crippen LogP contribution in [0.5, 0.6) is 0 Å². The van der Waals surface area contributed by atoms with Crippen molar-refractivity contribution in [3.05, 3.63) is 70.3 Å². The van der Waals surface area contributed by atoms with Crippen LogP contribution in [-0.2, 0) is 10.2 Å². The fourth-order valence-electron chi connectivity index (χ4n) is 3.59. The second-order valence-electron chi connectivity index (χ2n) is 10.1. The molecule has 0 bridgehead atoms. The highest BCUT2D eigenvalue weighted by Gasteiger charge is 2.24. The average molecular weight is 541 g/mol. The Labute approximate surface area is 216 Å². The van der Waals surface area contributed by atoms with Gasteiger partial charge in [0.1, 0.15) is 12.4 Å². The first-order chi connectivity index (χ1) is 16.5. The first-order valence-corrected chi connectivity index (χ1v) is 12.5. The topological polar surface area (TPSA) is 79.3 Å². The monoisotopic (exact) mass is 539 g/mol. The van der Waals surface area contributed by atoms with Crippen LogP contribution < -0.4 is 10.6 Å². The molecule has 3 aromatic rings. The minimum absolute atomic E-state index is 0.0851. The van der Waals surface area contributed by atoms with Crippen molar-refractivity contribution in [1.82, 2.24) is 14.7 Å². The molecule has 35 heavy (non-hydrogen) atoms. The maximum atomic E-state index is 13.2. The third-order valence-electron chi connectivity index (χ3n) is 5.41. The van der Waals surface area contributed by atoms with Crippen LogP contribution in [-0.4, -0.2) is 39.7 Å². The Balaban J connectivity index is 1.84. The van der Waals surface area contributed by atoms with Crippen LogP contribution >= 0.6 is 15.9 Å². The largest absolute Gasteiger partial charge is 0.322 e. The van der Waals surface area contributed by atoms with Gasteiger partial charge in [0.2, 0.25) is 5.91 Å². The maximum Gasteiger partial charge on any atom is 0.322 e. The maximum absolute atomic E-state index is 13.2. The molecule has 0 aliphatic heterocycles. The van der Waals surface area contributed by atoms with Gasteiger partial charge >= 0.3 is 6.03 Å². The lowest BCUT2D eigenvalue weighted by molar-refractivity contribution is -0.116. The van der Waals surface area contributed by atoms with Gasteiger partial charge in [-0.3, -0.25) is 4.79 Å². The average Bonchev–Trinajstić information content (AvgIpc) is 3.18. The van der Waals surface area contributed by atoms with Crippen LogP contribution in [0.15, 0.2) is 59.1 Å². The van der Waals surface area contributed by atoms with E-state index in [0.29, 0.717) is 18.1 Å². The van der Waals surface area contributed by atoms with Crippen LogP contribution in [0.2, 0.25) is 0 Å². The molecule has 0 aliphatic rings. The van der Waals surface area contributed by atoms with Gasteiger partial charge in [-0.2, -0.15) is 5.10 Å². The highest BCUT2D eigenvalue weighted by atomic mass is 79.9. The SMILES string of the molecule is Cc1ccccc1-n1nc(C(C)(C)C)cc1NC(=O)CN(CC(C)C)C(=O)Nc1ccccc1Br. The zero-order valence-corrected chi connectivity index (χ0v) is 22.8. The molecule has 0 radical (unpaired) electrons. The molecule has 0 atom stereocenters. The number of rotatable bonds is 7. The molecule has 3 rings (SSSR count). The molecule has 2 aromatic carbocycles. The number of amides is 3. The second kappa shape index (κ2) is 11.1. The van der Waals surface area contributed by atoms with Crippen LogP contribution in [0.4, 0.5) is 16.3 Å². The standard InChI is InChI=1S/C27H34BrN5O2/c1-18(2)16-32(26(35)29-21-13-9-8-12-20(21)28)17-25(34)30-24-15-23(27(4,5)6)31-33(24)22-14-10-7-11-19(22)3/h7-15,18H,16-17H2,1-6H3,(H,29,35)(H,30,34). The number of aromatic nitrogens is 2. The van der Waals surface area contributed by atoms with Crippen molar-refractivity contribution in [3.8, 4) is 5.69 Å². The van der Waals surface area contributed by atoms with E-state index in [4.69, 9.17) is 5.10 Å². The minimum Gasteiger partial charge on any atom is -0.315 e. The van der Waals surface area contributed by atoms with E-state index in [9.17, 15) is 9.59 Å². The van der Waals surface area contributed by atoms with Crippen LogP contribution in [0.1, 0.15) is 45.9 Å². The number of carbonyl (C=O) groups excluding carboxylic acids is 2. The van der Waals surface area contributed by atoms with E-state index in [1.807, 2.05) is 75.4 Å². The number of hydrogen-bond donors (Lipinski definition) is 2. The zero-order chi connectivity index (χ0) is 25.8. The molecule has 1 heterocycles. The van der Waals surface area contributed by atoms with Crippen molar-refractivity contribution in [1.29, 1.82) is 0 Å².